The minimum Gasteiger partial charge on any atom is -0.465 e. The summed E-state index contributed by atoms with van der Waals surface area (Å²) in [6.07, 6.45) is 0. The Morgan fingerprint density at radius 3 is 2.74 bits per heavy atom. The van der Waals surface area contributed by atoms with Crippen molar-refractivity contribution in [2.24, 2.45) is 0 Å². The Bertz CT molecular complexity index is 614. The highest BCUT2D eigenvalue weighted by molar-refractivity contribution is 9.10. The third-order valence-corrected chi connectivity index (χ3v) is 3.65. The minimum absolute atomic E-state index is 0.372. The van der Waals surface area contributed by atoms with E-state index in [1.807, 2.05) is 30.3 Å². The number of aromatic nitrogens is 1. The second-order valence-corrected chi connectivity index (χ2v) is 5.30. The van der Waals surface area contributed by atoms with Crippen LogP contribution < -0.4 is 0 Å². The number of rotatable bonds is 3. The monoisotopic (exact) mass is 383 g/mol. The molecule has 0 atom stereocenters. The van der Waals surface area contributed by atoms with Gasteiger partial charge in [-0.1, -0.05) is 44.0 Å². The molecule has 1 heterocycles. The Balaban J connectivity index is 2.47. The lowest BCUT2D eigenvalue weighted by Gasteiger charge is -2.08. The van der Waals surface area contributed by atoms with Crippen LogP contribution in [0, 0.1) is 0 Å². The van der Waals surface area contributed by atoms with Gasteiger partial charge < -0.3 is 4.74 Å². The maximum Gasteiger partial charge on any atom is 0.339 e. The lowest BCUT2D eigenvalue weighted by Crippen LogP contribution is -2.07. The Kier molecular flexibility index (Phi) is 4.71. The summed E-state index contributed by atoms with van der Waals surface area (Å²) in [6, 6.07) is 11.4. The summed E-state index contributed by atoms with van der Waals surface area (Å²) in [7, 11) is 1.36. The fourth-order valence-electron chi connectivity index (χ4n) is 1.71. The molecule has 0 aliphatic rings. The van der Waals surface area contributed by atoms with Crippen molar-refractivity contribution in [3.05, 3.63) is 52.1 Å². The van der Waals surface area contributed by atoms with Crippen LogP contribution in [0.5, 0.6) is 0 Å². The molecule has 5 heteroatoms. The van der Waals surface area contributed by atoms with Crippen LogP contribution in [0.3, 0.4) is 0 Å². The van der Waals surface area contributed by atoms with Crippen LogP contribution in [-0.2, 0) is 10.1 Å². The molecule has 0 bridgehead atoms. The molecule has 1 aromatic heterocycles. The number of hydrogen-bond donors (Lipinski definition) is 0. The van der Waals surface area contributed by atoms with E-state index < -0.39 is 0 Å². The normalized spacial score (nSPS) is 10.3. The molecular formula is C14H11Br2NO2. The average Bonchev–Trinajstić information content (AvgIpc) is 2.45. The van der Waals surface area contributed by atoms with Crippen molar-refractivity contribution in [1.29, 1.82) is 0 Å². The molecule has 1 aromatic carbocycles. The van der Waals surface area contributed by atoms with E-state index in [1.54, 1.807) is 6.07 Å². The summed E-state index contributed by atoms with van der Waals surface area (Å²) in [5, 5.41) is 0.499. The van der Waals surface area contributed by atoms with Crippen LogP contribution >= 0.6 is 31.9 Å². The summed E-state index contributed by atoms with van der Waals surface area (Å²) in [5.74, 6) is -0.372. The molecule has 0 fully saturated rings. The Labute approximate surface area is 128 Å². The molecule has 0 saturated carbocycles. The SMILES string of the molecule is COC(=O)c1ccc(-c2cccc(Br)c2)nc1CBr. The molecule has 0 radical (unpaired) electrons. The molecular weight excluding hydrogens is 374 g/mol. The van der Waals surface area contributed by atoms with Gasteiger partial charge in [0.05, 0.1) is 24.1 Å². The summed E-state index contributed by atoms with van der Waals surface area (Å²) in [5.41, 5.74) is 2.97. The predicted octanol–water partition coefficient (Wildman–Crippen LogP) is 4.19. The molecule has 19 heavy (non-hydrogen) atoms. The van der Waals surface area contributed by atoms with Crippen molar-refractivity contribution < 1.29 is 9.53 Å². The summed E-state index contributed by atoms with van der Waals surface area (Å²) in [4.78, 5) is 16.1. The molecule has 2 rings (SSSR count). The Hall–Kier alpha value is -1.20. The fraction of sp³-hybridized carbons (Fsp3) is 0.143. The van der Waals surface area contributed by atoms with Crippen LogP contribution in [0.25, 0.3) is 11.3 Å². The standard InChI is InChI=1S/C14H11Br2NO2/c1-19-14(18)11-5-6-12(17-13(11)8-15)9-3-2-4-10(16)7-9/h2-7H,8H2,1H3. The Morgan fingerprint density at radius 2 is 2.11 bits per heavy atom. The molecule has 0 unspecified atom stereocenters. The van der Waals surface area contributed by atoms with Crippen LogP contribution in [0.15, 0.2) is 40.9 Å². The van der Waals surface area contributed by atoms with Gasteiger partial charge in [-0.2, -0.15) is 0 Å². The highest BCUT2D eigenvalue weighted by Gasteiger charge is 2.13. The number of benzene rings is 1. The van der Waals surface area contributed by atoms with Crippen LogP contribution in [0.1, 0.15) is 16.1 Å². The highest BCUT2D eigenvalue weighted by Crippen LogP contribution is 2.23. The van der Waals surface area contributed by atoms with Crippen molar-refractivity contribution in [1.82, 2.24) is 4.98 Å². The maximum absolute atomic E-state index is 11.6. The largest absolute Gasteiger partial charge is 0.465 e. The predicted molar refractivity (Wildman–Crippen MR) is 81.3 cm³/mol. The van der Waals surface area contributed by atoms with Crippen LogP contribution in [0.2, 0.25) is 0 Å². The molecule has 0 saturated heterocycles. The molecule has 2 aromatic rings. The number of alkyl halides is 1. The van der Waals surface area contributed by atoms with Crippen LogP contribution in [0.4, 0.5) is 0 Å². The van der Waals surface area contributed by atoms with E-state index in [0.29, 0.717) is 16.6 Å². The first-order valence-electron chi connectivity index (χ1n) is 5.56. The van der Waals surface area contributed by atoms with E-state index in [-0.39, 0.29) is 5.97 Å². The van der Waals surface area contributed by atoms with E-state index in [2.05, 4.69) is 36.8 Å². The van der Waals surface area contributed by atoms with E-state index in [4.69, 9.17) is 4.74 Å². The first-order chi connectivity index (χ1) is 9.15. The first kappa shape index (κ1) is 14.2. The van der Waals surface area contributed by atoms with Crippen LogP contribution in [-0.4, -0.2) is 18.1 Å². The zero-order valence-electron chi connectivity index (χ0n) is 10.2. The van der Waals surface area contributed by atoms with Gasteiger partial charge in [0.15, 0.2) is 0 Å². The van der Waals surface area contributed by atoms with Gasteiger partial charge in [-0.15, -0.1) is 0 Å². The third-order valence-electron chi connectivity index (χ3n) is 2.63. The topological polar surface area (TPSA) is 39.2 Å². The molecule has 98 valence electrons. The lowest BCUT2D eigenvalue weighted by molar-refractivity contribution is 0.0599. The first-order valence-corrected chi connectivity index (χ1v) is 7.47. The second-order valence-electron chi connectivity index (χ2n) is 3.83. The van der Waals surface area contributed by atoms with Crippen molar-refractivity contribution >= 4 is 37.8 Å². The van der Waals surface area contributed by atoms with E-state index in [1.165, 1.54) is 7.11 Å². The molecule has 0 N–H and O–H groups in total. The van der Waals surface area contributed by atoms with Crippen molar-refractivity contribution in [3.8, 4) is 11.3 Å². The van der Waals surface area contributed by atoms with Gasteiger partial charge in [-0.3, -0.25) is 4.98 Å². The molecule has 3 nitrogen and oxygen atoms in total. The summed E-state index contributed by atoms with van der Waals surface area (Å²) >= 11 is 6.78. The van der Waals surface area contributed by atoms with Crippen molar-refractivity contribution in [3.63, 3.8) is 0 Å². The average molecular weight is 385 g/mol. The number of hydrogen-bond acceptors (Lipinski definition) is 3. The van der Waals surface area contributed by atoms with Gasteiger partial charge in [-0.05, 0) is 24.3 Å². The lowest BCUT2D eigenvalue weighted by atomic mass is 10.1. The van der Waals surface area contributed by atoms with Crippen molar-refractivity contribution in [2.45, 2.75) is 5.33 Å². The second kappa shape index (κ2) is 6.30. The number of nitrogens with zero attached hydrogens (tertiary/aromatic N) is 1. The quantitative estimate of drug-likeness (QED) is 0.588. The third kappa shape index (κ3) is 3.22. The Morgan fingerprint density at radius 1 is 1.32 bits per heavy atom. The highest BCUT2D eigenvalue weighted by atomic mass is 79.9. The number of esters is 1. The van der Waals surface area contributed by atoms with Crippen molar-refractivity contribution in [2.75, 3.05) is 7.11 Å². The van der Waals surface area contributed by atoms with E-state index >= 15 is 0 Å². The number of ether oxygens (including phenoxy) is 1. The van der Waals surface area contributed by atoms with Gasteiger partial charge in [0, 0.05) is 15.4 Å². The number of carbonyl (C=O) groups excluding carboxylic acids is 1. The zero-order chi connectivity index (χ0) is 13.8. The number of halogens is 2. The van der Waals surface area contributed by atoms with E-state index in [0.717, 1.165) is 15.7 Å². The summed E-state index contributed by atoms with van der Waals surface area (Å²) < 4.78 is 5.73. The van der Waals surface area contributed by atoms with Gasteiger partial charge in [0.2, 0.25) is 0 Å². The summed E-state index contributed by atoms with van der Waals surface area (Å²) in [6.45, 7) is 0. The number of methoxy groups -OCH3 is 1. The number of carbonyl (C=O) groups is 1. The van der Waals surface area contributed by atoms with Gasteiger partial charge in [-0.25, -0.2) is 4.79 Å². The zero-order valence-corrected chi connectivity index (χ0v) is 13.4. The smallest absolute Gasteiger partial charge is 0.339 e. The number of pyridine rings is 1. The molecule has 0 amide bonds. The molecule has 0 aliphatic carbocycles. The maximum atomic E-state index is 11.6. The fourth-order valence-corrected chi connectivity index (χ4v) is 2.53. The minimum atomic E-state index is -0.372. The van der Waals surface area contributed by atoms with Gasteiger partial charge in [0.1, 0.15) is 0 Å². The molecule has 0 aliphatic heterocycles. The van der Waals surface area contributed by atoms with Gasteiger partial charge in [0.25, 0.3) is 0 Å². The van der Waals surface area contributed by atoms with E-state index in [9.17, 15) is 4.79 Å². The van der Waals surface area contributed by atoms with Gasteiger partial charge >= 0.3 is 5.97 Å². The molecule has 0 spiro atoms.